The van der Waals surface area contributed by atoms with Gasteiger partial charge in [-0.1, -0.05) is 24.3 Å². The summed E-state index contributed by atoms with van der Waals surface area (Å²) in [6, 6.07) is 13.2. The Kier molecular flexibility index (Phi) is 3.02. The molecule has 19 heavy (non-hydrogen) atoms. The lowest BCUT2D eigenvalue weighted by Crippen LogP contribution is -2.00. The number of halogens is 2. The van der Waals surface area contributed by atoms with E-state index < -0.39 is 0 Å². The van der Waals surface area contributed by atoms with E-state index in [2.05, 4.69) is 52.3 Å². The second kappa shape index (κ2) is 4.61. The lowest BCUT2D eigenvalue weighted by Gasteiger charge is -2.13. The molecule has 1 fully saturated rings. The first-order valence-corrected chi connectivity index (χ1v) is 8.77. The highest BCUT2D eigenvalue weighted by Gasteiger charge is 2.56. The molecule has 0 aliphatic heterocycles. The van der Waals surface area contributed by atoms with Gasteiger partial charge in [0.25, 0.3) is 0 Å². The molecule has 3 heteroatoms. The van der Waals surface area contributed by atoms with Gasteiger partial charge in [-0.2, -0.15) is 0 Å². The molecule has 1 aromatic heterocycles. The highest BCUT2D eigenvalue weighted by atomic mass is 79.9. The average molecular weight is 354 g/mol. The molecule has 2 aromatic rings. The van der Waals surface area contributed by atoms with E-state index in [-0.39, 0.29) is 5.38 Å². The minimum atomic E-state index is 0.178. The number of fused-ring (bicyclic) bond motifs is 3. The molecule has 2 aliphatic rings. The largest absolute Gasteiger partial charge is 0.132 e. The zero-order valence-electron chi connectivity index (χ0n) is 10.4. The quantitative estimate of drug-likeness (QED) is 0.601. The molecule has 0 nitrogen and oxygen atoms in total. The summed E-state index contributed by atoms with van der Waals surface area (Å²) in [6.45, 7) is 0. The fraction of sp³-hybridized carbons (Fsp3) is 0.375. The van der Waals surface area contributed by atoms with Gasteiger partial charge in [0.1, 0.15) is 0 Å². The first kappa shape index (κ1) is 12.4. The van der Waals surface area contributed by atoms with Gasteiger partial charge in [-0.05, 0) is 69.8 Å². The van der Waals surface area contributed by atoms with Crippen molar-refractivity contribution in [2.75, 3.05) is 0 Å². The van der Waals surface area contributed by atoms with Gasteiger partial charge in [0.15, 0.2) is 0 Å². The van der Waals surface area contributed by atoms with Crippen molar-refractivity contribution in [1.29, 1.82) is 0 Å². The zero-order valence-corrected chi connectivity index (χ0v) is 13.5. The van der Waals surface area contributed by atoms with Crippen molar-refractivity contribution in [3.63, 3.8) is 0 Å². The van der Waals surface area contributed by atoms with Crippen LogP contribution in [0.2, 0.25) is 0 Å². The molecule has 1 aromatic carbocycles. The van der Waals surface area contributed by atoms with Crippen molar-refractivity contribution < 1.29 is 0 Å². The van der Waals surface area contributed by atoms with E-state index in [1.54, 1.807) is 22.5 Å². The summed E-state index contributed by atoms with van der Waals surface area (Å²) in [6.07, 6.45) is 2.54. The average Bonchev–Trinajstić information content (AvgIpc) is 3.03. The fourth-order valence-electron chi connectivity index (χ4n) is 3.68. The van der Waals surface area contributed by atoms with Crippen LogP contribution in [0.5, 0.6) is 0 Å². The first-order valence-electron chi connectivity index (χ1n) is 6.73. The second-order valence-corrected chi connectivity index (χ2v) is 8.51. The summed E-state index contributed by atoms with van der Waals surface area (Å²) in [5.41, 5.74) is 3.10. The normalized spacial score (nSPS) is 29.5. The third kappa shape index (κ3) is 2.00. The number of aryl methyl sites for hydroxylation is 1. The van der Waals surface area contributed by atoms with Crippen LogP contribution in [0, 0.1) is 11.8 Å². The third-order valence-corrected chi connectivity index (χ3v) is 6.96. The second-order valence-electron chi connectivity index (χ2n) is 5.55. The van der Waals surface area contributed by atoms with Crippen molar-refractivity contribution in [3.8, 4) is 0 Å². The molecule has 4 atom stereocenters. The van der Waals surface area contributed by atoms with Gasteiger partial charge in [0.05, 0.1) is 9.16 Å². The molecule has 0 amide bonds. The van der Waals surface area contributed by atoms with Crippen molar-refractivity contribution in [1.82, 2.24) is 0 Å². The van der Waals surface area contributed by atoms with E-state index in [0.717, 1.165) is 5.92 Å². The third-order valence-electron chi connectivity index (χ3n) is 4.59. The van der Waals surface area contributed by atoms with E-state index >= 15 is 0 Å². The molecule has 1 saturated carbocycles. The Morgan fingerprint density at radius 3 is 2.84 bits per heavy atom. The number of thiophene rings is 1. The zero-order chi connectivity index (χ0) is 13.0. The lowest BCUT2D eigenvalue weighted by molar-refractivity contribution is 0.624. The standard InChI is InChI=1S/C16H14BrClS/c17-13-8-7-12(19-13)16(18)15-11-6-5-9-3-1-2-4-10(9)14(11)15/h1-4,7-8,11,14-16H,5-6H2. The van der Waals surface area contributed by atoms with Crippen LogP contribution in [0.1, 0.15) is 33.7 Å². The Morgan fingerprint density at radius 2 is 2.05 bits per heavy atom. The summed E-state index contributed by atoms with van der Waals surface area (Å²) < 4.78 is 1.18. The maximum Gasteiger partial charge on any atom is 0.0715 e. The molecular weight excluding hydrogens is 340 g/mol. The van der Waals surface area contributed by atoms with Crippen molar-refractivity contribution in [3.05, 3.63) is 56.2 Å². The summed E-state index contributed by atoms with van der Waals surface area (Å²) in [5.74, 6) is 2.14. The molecule has 2 aliphatic carbocycles. The van der Waals surface area contributed by atoms with Gasteiger partial charge < -0.3 is 0 Å². The minimum absolute atomic E-state index is 0.178. The van der Waals surface area contributed by atoms with E-state index in [1.807, 2.05) is 0 Å². The van der Waals surface area contributed by atoms with Crippen LogP contribution in [-0.4, -0.2) is 0 Å². The number of alkyl halides is 1. The number of benzene rings is 1. The molecule has 0 radical (unpaired) electrons. The molecule has 0 bridgehead atoms. The lowest BCUT2D eigenvalue weighted by atomic mass is 9.92. The Hall–Kier alpha value is -0.310. The summed E-state index contributed by atoms with van der Waals surface area (Å²) in [4.78, 5) is 1.31. The van der Waals surface area contributed by atoms with Crippen LogP contribution in [0.4, 0.5) is 0 Å². The molecule has 0 saturated heterocycles. The molecular formula is C16H14BrClS. The van der Waals surface area contributed by atoms with Gasteiger partial charge in [-0.15, -0.1) is 22.9 Å². The van der Waals surface area contributed by atoms with Gasteiger partial charge >= 0.3 is 0 Å². The van der Waals surface area contributed by atoms with E-state index in [9.17, 15) is 0 Å². The van der Waals surface area contributed by atoms with Crippen molar-refractivity contribution in [2.45, 2.75) is 24.1 Å². The SMILES string of the molecule is ClC(c1ccc(Br)s1)C1C2CCc3ccccc3C21. The highest BCUT2D eigenvalue weighted by molar-refractivity contribution is 9.11. The molecule has 4 unspecified atom stereocenters. The number of rotatable bonds is 2. The van der Waals surface area contributed by atoms with Crippen LogP contribution in [0.15, 0.2) is 40.2 Å². The van der Waals surface area contributed by atoms with Crippen LogP contribution >= 0.6 is 38.9 Å². The topological polar surface area (TPSA) is 0 Å². The number of hydrogen-bond donors (Lipinski definition) is 0. The predicted octanol–water partition coefficient (Wildman–Crippen LogP) is 5.77. The Morgan fingerprint density at radius 1 is 1.21 bits per heavy atom. The van der Waals surface area contributed by atoms with Gasteiger partial charge in [-0.25, -0.2) is 0 Å². The van der Waals surface area contributed by atoms with E-state index in [4.69, 9.17) is 11.6 Å². The van der Waals surface area contributed by atoms with Crippen LogP contribution in [0.3, 0.4) is 0 Å². The van der Waals surface area contributed by atoms with Crippen molar-refractivity contribution >= 4 is 38.9 Å². The Labute approximate surface area is 130 Å². The van der Waals surface area contributed by atoms with Crippen LogP contribution < -0.4 is 0 Å². The Bertz CT molecular complexity index is 621. The summed E-state index contributed by atoms with van der Waals surface area (Å²) >= 11 is 12.1. The molecule has 0 N–H and O–H groups in total. The van der Waals surface area contributed by atoms with Gasteiger partial charge in [-0.3, -0.25) is 0 Å². The molecule has 4 rings (SSSR count). The Balaban J connectivity index is 1.63. The molecule has 0 spiro atoms. The van der Waals surface area contributed by atoms with Crippen molar-refractivity contribution in [2.24, 2.45) is 11.8 Å². The monoisotopic (exact) mass is 352 g/mol. The number of hydrogen-bond acceptors (Lipinski definition) is 1. The predicted molar refractivity (Wildman–Crippen MR) is 85.1 cm³/mol. The summed E-state index contributed by atoms with van der Waals surface area (Å²) in [7, 11) is 0. The smallest absolute Gasteiger partial charge is 0.0715 e. The summed E-state index contributed by atoms with van der Waals surface area (Å²) in [5, 5.41) is 0.178. The molecule has 1 heterocycles. The highest BCUT2D eigenvalue weighted by Crippen LogP contribution is 2.66. The fourth-order valence-corrected chi connectivity index (χ4v) is 5.69. The maximum atomic E-state index is 6.75. The van der Waals surface area contributed by atoms with Crippen LogP contribution in [0.25, 0.3) is 0 Å². The van der Waals surface area contributed by atoms with E-state index in [0.29, 0.717) is 11.8 Å². The van der Waals surface area contributed by atoms with Gasteiger partial charge in [0, 0.05) is 4.88 Å². The van der Waals surface area contributed by atoms with E-state index in [1.165, 1.54) is 21.5 Å². The molecule has 98 valence electrons. The van der Waals surface area contributed by atoms with Crippen LogP contribution in [-0.2, 0) is 6.42 Å². The maximum absolute atomic E-state index is 6.75. The first-order chi connectivity index (χ1) is 9.25. The minimum Gasteiger partial charge on any atom is -0.132 e. The van der Waals surface area contributed by atoms with Gasteiger partial charge in [0.2, 0.25) is 0 Å².